The molecule has 1 N–H and O–H groups in total. The average molecular weight is 211 g/mol. The Bertz CT molecular complexity index is 269. The lowest BCUT2D eigenvalue weighted by Gasteiger charge is -2.48. The Morgan fingerprint density at radius 2 is 1.80 bits per heavy atom. The Labute approximate surface area is 91.6 Å². The van der Waals surface area contributed by atoms with Crippen LogP contribution in [0.3, 0.4) is 0 Å². The van der Waals surface area contributed by atoms with E-state index in [4.69, 9.17) is 0 Å². The summed E-state index contributed by atoms with van der Waals surface area (Å²) >= 11 is 0. The van der Waals surface area contributed by atoms with Crippen LogP contribution in [-0.4, -0.2) is 53.1 Å². The highest BCUT2D eigenvalue weighted by atomic mass is 16.2. The van der Waals surface area contributed by atoms with Crippen LogP contribution in [0.2, 0.25) is 0 Å². The summed E-state index contributed by atoms with van der Waals surface area (Å²) in [6, 6.07) is 0.843. The maximum absolute atomic E-state index is 12.2. The highest BCUT2D eigenvalue weighted by Crippen LogP contribution is 2.29. The maximum atomic E-state index is 12.2. The van der Waals surface area contributed by atoms with Gasteiger partial charge in [-0.05, 0) is 27.7 Å². The summed E-state index contributed by atoms with van der Waals surface area (Å²) in [6.45, 7) is 10.9. The van der Waals surface area contributed by atoms with Gasteiger partial charge in [-0.2, -0.15) is 0 Å². The number of rotatable bonds is 2. The van der Waals surface area contributed by atoms with Crippen LogP contribution in [-0.2, 0) is 4.79 Å². The van der Waals surface area contributed by atoms with E-state index in [9.17, 15) is 4.79 Å². The van der Waals surface area contributed by atoms with Crippen molar-refractivity contribution in [2.24, 2.45) is 0 Å². The molecule has 0 saturated carbocycles. The third-order valence-electron chi connectivity index (χ3n) is 3.56. The zero-order valence-corrected chi connectivity index (χ0v) is 10.1. The van der Waals surface area contributed by atoms with Crippen molar-refractivity contribution in [3.63, 3.8) is 0 Å². The van der Waals surface area contributed by atoms with Gasteiger partial charge < -0.3 is 4.90 Å². The molecule has 0 atom stereocenters. The number of nitrogens with one attached hydrogen (secondary N) is 1. The largest absolute Gasteiger partial charge is 0.326 e. The molecule has 0 radical (unpaired) electrons. The fourth-order valence-corrected chi connectivity index (χ4v) is 2.34. The Balaban J connectivity index is 2.00. The van der Waals surface area contributed by atoms with Gasteiger partial charge in [0.25, 0.3) is 0 Å². The molecule has 2 aliphatic heterocycles. The Morgan fingerprint density at radius 1 is 1.20 bits per heavy atom. The smallest absolute Gasteiger partial charge is 0.246 e. The van der Waals surface area contributed by atoms with E-state index in [2.05, 4.69) is 37.9 Å². The van der Waals surface area contributed by atoms with Crippen LogP contribution in [0.25, 0.3) is 0 Å². The molecule has 2 saturated heterocycles. The fourth-order valence-electron chi connectivity index (χ4n) is 2.34. The standard InChI is InChI=1S/C11H21N3O/c1-8(2)13-5-11(6-13)10(15)14(7-12-11)9(3)4/h8-9,12H,5-7H2,1-4H3. The van der Waals surface area contributed by atoms with Crippen molar-refractivity contribution in [1.29, 1.82) is 0 Å². The fraction of sp³-hybridized carbons (Fsp3) is 0.909. The minimum atomic E-state index is -0.255. The molecule has 1 amide bonds. The van der Waals surface area contributed by atoms with Crippen LogP contribution in [0.15, 0.2) is 0 Å². The Morgan fingerprint density at radius 3 is 2.20 bits per heavy atom. The first-order valence-corrected chi connectivity index (χ1v) is 5.76. The Kier molecular flexibility index (Phi) is 2.51. The molecule has 0 aromatic rings. The second kappa shape index (κ2) is 3.46. The molecule has 2 heterocycles. The van der Waals surface area contributed by atoms with E-state index in [1.807, 2.05) is 4.90 Å². The first kappa shape index (κ1) is 10.9. The lowest BCUT2D eigenvalue weighted by molar-refractivity contribution is -0.140. The van der Waals surface area contributed by atoms with Gasteiger partial charge >= 0.3 is 0 Å². The lowest BCUT2D eigenvalue weighted by atomic mass is 9.88. The van der Waals surface area contributed by atoms with Gasteiger partial charge in [0, 0.05) is 25.2 Å². The van der Waals surface area contributed by atoms with Crippen LogP contribution in [0.4, 0.5) is 0 Å². The molecule has 0 bridgehead atoms. The second-order valence-electron chi connectivity index (χ2n) is 5.28. The number of hydrogen-bond donors (Lipinski definition) is 1. The summed E-state index contributed by atoms with van der Waals surface area (Å²) in [4.78, 5) is 16.4. The van der Waals surface area contributed by atoms with Gasteiger partial charge in [0.1, 0.15) is 5.54 Å². The number of nitrogens with zero attached hydrogens (tertiary/aromatic N) is 2. The lowest BCUT2D eigenvalue weighted by Crippen LogP contribution is -2.71. The van der Waals surface area contributed by atoms with Gasteiger partial charge in [0.15, 0.2) is 0 Å². The Hall–Kier alpha value is -0.610. The molecule has 86 valence electrons. The third-order valence-corrected chi connectivity index (χ3v) is 3.56. The van der Waals surface area contributed by atoms with E-state index in [1.165, 1.54) is 0 Å². The second-order valence-corrected chi connectivity index (χ2v) is 5.28. The van der Waals surface area contributed by atoms with E-state index < -0.39 is 0 Å². The van der Waals surface area contributed by atoms with Crippen LogP contribution < -0.4 is 5.32 Å². The van der Waals surface area contributed by atoms with Gasteiger partial charge in [-0.25, -0.2) is 0 Å². The third kappa shape index (κ3) is 1.56. The number of likely N-dealkylation sites (tertiary alicyclic amines) is 1. The molecule has 2 aliphatic rings. The SMILES string of the molecule is CC(C)N1CC2(C1)NCN(C(C)C)C2=O. The predicted octanol–water partition coefficient (Wildman–Crippen LogP) is 0.247. The maximum Gasteiger partial charge on any atom is 0.246 e. The van der Waals surface area contributed by atoms with E-state index in [1.54, 1.807) is 0 Å². The minimum Gasteiger partial charge on any atom is -0.326 e. The van der Waals surface area contributed by atoms with Crippen molar-refractivity contribution in [2.45, 2.75) is 45.3 Å². The van der Waals surface area contributed by atoms with Crippen LogP contribution >= 0.6 is 0 Å². The average Bonchev–Trinajstić information content (AvgIpc) is 2.39. The number of carbonyl (C=O) groups excluding carboxylic acids is 1. The normalized spacial score (nSPS) is 25.7. The summed E-state index contributed by atoms with van der Waals surface area (Å²) in [5.41, 5.74) is -0.255. The monoisotopic (exact) mass is 211 g/mol. The first-order valence-electron chi connectivity index (χ1n) is 5.76. The number of amides is 1. The zero-order valence-electron chi connectivity index (χ0n) is 10.1. The highest BCUT2D eigenvalue weighted by molar-refractivity contribution is 5.90. The molecule has 0 aromatic carbocycles. The summed E-state index contributed by atoms with van der Waals surface area (Å²) in [6.07, 6.45) is 0. The summed E-state index contributed by atoms with van der Waals surface area (Å²) in [7, 11) is 0. The number of hydrogen-bond acceptors (Lipinski definition) is 3. The number of carbonyl (C=O) groups is 1. The van der Waals surface area contributed by atoms with Gasteiger partial charge in [-0.15, -0.1) is 0 Å². The van der Waals surface area contributed by atoms with Crippen molar-refractivity contribution in [3.05, 3.63) is 0 Å². The summed E-state index contributed by atoms with van der Waals surface area (Å²) < 4.78 is 0. The van der Waals surface area contributed by atoms with E-state index >= 15 is 0 Å². The molecule has 0 aliphatic carbocycles. The molecule has 4 nitrogen and oxygen atoms in total. The molecule has 2 fully saturated rings. The highest BCUT2D eigenvalue weighted by Gasteiger charge is 2.55. The van der Waals surface area contributed by atoms with Crippen molar-refractivity contribution >= 4 is 5.91 Å². The van der Waals surface area contributed by atoms with Gasteiger partial charge in [-0.3, -0.25) is 15.0 Å². The topological polar surface area (TPSA) is 35.6 Å². The first-order chi connectivity index (χ1) is 6.96. The summed E-state index contributed by atoms with van der Waals surface area (Å²) in [5, 5.41) is 3.37. The molecule has 15 heavy (non-hydrogen) atoms. The van der Waals surface area contributed by atoms with Crippen molar-refractivity contribution < 1.29 is 4.79 Å². The van der Waals surface area contributed by atoms with Crippen LogP contribution in [0, 0.1) is 0 Å². The van der Waals surface area contributed by atoms with E-state index in [0.717, 1.165) is 13.1 Å². The van der Waals surface area contributed by atoms with Crippen molar-refractivity contribution in [3.8, 4) is 0 Å². The van der Waals surface area contributed by atoms with Crippen LogP contribution in [0.1, 0.15) is 27.7 Å². The quantitative estimate of drug-likeness (QED) is 0.711. The zero-order chi connectivity index (χ0) is 11.2. The minimum absolute atomic E-state index is 0.255. The predicted molar refractivity (Wildman–Crippen MR) is 59.4 cm³/mol. The molecular weight excluding hydrogens is 190 g/mol. The summed E-state index contributed by atoms with van der Waals surface area (Å²) in [5.74, 6) is 0.286. The molecule has 0 unspecified atom stereocenters. The van der Waals surface area contributed by atoms with Gasteiger partial charge in [-0.1, -0.05) is 0 Å². The van der Waals surface area contributed by atoms with Crippen molar-refractivity contribution in [2.75, 3.05) is 19.8 Å². The molecule has 2 rings (SSSR count). The van der Waals surface area contributed by atoms with Crippen molar-refractivity contribution in [1.82, 2.24) is 15.1 Å². The van der Waals surface area contributed by atoms with Gasteiger partial charge in [0.2, 0.25) is 5.91 Å². The molecular formula is C11H21N3O. The molecule has 0 aromatic heterocycles. The van der Waals surface area contributed by atoms with E-state index in [0.29, 0.717) is 18.8 Å². The van der Waals surface area contributed by atoms with E-state index in [-0.39, 0.29) is 11.4 Å². The molecule has 1 spiro atoms. The van der Waals surface area contributed by atoms with Gasteiger partial charge in [0.05, 0.1) is 6.67 Å². The molecule has 4 heteroatoms. The van der Waals surface area contributed by atoms with Crippen LogP contribution in [0.5, 0.6) is 0 Å².